The second-order valence-corrected chi connectivity index (χ2v) is 6.47. The molecule has 3 aromatic rings. The minimum absolute atomic E-state index is 0.256. The molecule has 4 atom stereocenters. The molecule has 11 heteroatoms. The lowest BCUT2D eigenvalue weighted by molar-refractivity contribution is -0.0511. The topological polar surface area (TPSA) is 135 Å². The fourth-order valence-corrected chi connectivity index (χ4v) is 3.33. The van der Waals surface area contributed by atoms with Crippen molar-refractivity contribution < 1.29 is 20.1 Å². The molecule has 1 aliphatic heterocycles. The molecular weight excluding hydrogens is 445 g/mol. The molecule has 4 rings (SSSR count). The Morgan fingerprint density at radius 2 is 2.00 bits per heavy atom. The first-order valence-corrected chi connectivity index (χ1v) is 9.00. The fourth-order valence-electron chi connectivity index (χ4n) is 2.93. The normalized spacial score (nSPS) is 26.7. The van der Waals surface area contributed by atoms with E-state index in [1.807, 2.05) is 0 Å². The molecule has 0 unspecified atom stereocenters. The van der Waals surface area contributed by atoms with E-state index in [-0.39, 0.29) is 5.56 Å². The van der Waals surface area contributed by atoms with E-state index < -0.39 is 31.1 Å². The number of nitrogens with zero attached hydrogens (tertiary/aromatic N) is 5. The molecule has 3 N–H and O–H groups in total. The molecule has 1 saturated heterocycles. The number of ether oxygens (including phenoxy) is 1. The predicted octanol–water partition coefficient (Wildman–Crippen LogP) is -1.01. The number of imidazole rings is 1. The van der Waals surface area contributed by atoms with Crippen LogP contribution in [-0.2, 0) is 9.16 Å². The van der Waals surface area contributed by atoms with Crippen LogP contribution in [0, 0.1) is 0 Å². The molecule has 25 heavy (non-hydrogen) atoms. The van der Waals surface area contributed by atoms with Crippen LogP contribution >= 0.6 is 22.6 Å². The lowest BCUT2D eigenvalue weighted by Gasteiger charge is -2.16. The molecule has 4 heterocycles. The largest absolute Gasteiger partial charge is 0.394 e. The van der Waals surface area contributed by atoms with Crippen molar-refractivity contribution in [3.63, 3.8) is 0 Å². The van der Waals surface area contributed by atoms with Crippen LogP contribution in [0.5, 0.6) is 0 Å². The number of aliphatic hydroxyl groups excluding tert-OH is 3. The van der Waals surface area contributed by atoms with Crippen LogP contribution in [0.25, 0.3) is 16.8 Å². The second-order valence-electron chi connectivity index (χ2n) is 5.71. The molecule has 0 amide bonds. The summed E-state index contributed by atoms with van der Waals surface area (Å²) < 4.78 is 8.84. The minimum Gasteiger partial charge on any atom is -0.394 e. The average molecular weight is 459 g/mol. The summed E-state index contributed by atoms with van der Waals surface area (Å²) in [4.78, 5) is 25.1. The Bertz CT molecular complexity index is 1000. The van der Waals surface area contributed by atoms with Crippen molar-refractivity contribution in [3.05, 3.63) is 34.8 Å². The van der Waals surface area contributed by atoms with E-state index in [1.165, 1.54) is 27.7 Å². The van der Waals surface area contributed by atoms with Crippen molar-refractivity contribution in [2.45, 2.75) is 29.0 Å². The van der Waals surface area contributed by atoms with E-state index in [0.29, 0.717) is 26.9 Å². The van der Waals surface area contributed by atoms with Crippen LogP contribution < -0.4 is 5.56 Å². The van der Waals surface area contributed by atoms with Gasteiger partial charge in [-0.1, -0.05) is 22.6 Å². The lowest BCUT2D eigenvalue weighted by Crippen LogP contribution is -2.33. The highest BCUT2D eigenvalue weighted by Crippen LogP contribution is 2.31. The number of hydrogen-bond donors (Lipinski definition) is 3. The van der Waals surface area contributed by atoms with Gasteiger partial charge in [0.25, 0.3) is 5.56 Å². The number of aromatic nitrogens is 5. The van der Waals surface area contributed by atoms with Crippen molar-refractivity contribution in [1.29, 1.82) is 0 Å². The first kappa shape index (κ1) is 16.8. The molecule has 132 valence electrons. The minimum atomic E-state index is -1.25. The highest BCUT2D eigenvalue weighted by molar-refractivity contribution is 14.1. The Kier molecular flexibility index (Phi) is 4.19. The number of fused-ring (bicyclic) bond motifs is 3. The molecule has 0 saturated carbocycles. The van der Waals surface area contributed by atoms with Crippen molar-refractivity contribution in [1.82, 2.24) is 23.9 Å². The van der Waals surface area contributed by atoms with Crippen molar-refractivity contribution in [2.75, 3.05) is 6.61 Å². The Balaban J connectivity index is 1.89. The molecule has 0 spiro atoms. The third kappa shape index (κ3) is 2.54. The zero-order valence-corrected chi connectivity index (χ0v) is 14.9. The third-order valence-corrected chi connectivity index (χ3v) is 4.99. The molecule has 3 aromatic heterocycles. The number of rotatable bonds is 3. The van der Waals surface area contributed by atoms with Crippen LogP contribution in [0.2, 0.25) is 0 Å². The SMILES string of the molecule is O=c1cc(CI)nc2c3ncn([C@@H]4O[C@H](CO)[C@@H](O)[C@H]4O)c3ncn12. The summed E-state index contributed by atoms with van der Waals surface area (Å²) in [6, 6.07) is 1.44. The maximum absolute atomic E-state index is 12.2. The zero-order chi connectivity index (χ0) is 17.7. The van der Waals surface area contributed by atoms with Gasteiger partial charge in [0.15, 0.2) is 23.0 Å². The van der Waals surface area contributed by atoms with Crippen molar-refractivity contribution >= 4 is 39.4 Å². The maximum atomic E-state index is 12.2. The molecular formula is C14H14IN5O5. The van der Waals surface area contributed by atoms with Gasteiger partial charge < -0.3 is 20.1 Å². The van der Waals surface area contributed by atoms with Gasteiger partial charge in [-0.25, -0.2) is 19.4 Å². The molecule has 0 aromatic carbocycles. The van der Waals surface area contributed by atoms with Gasteiger partial charge in [0.2, 0.25) is 0 Å². The standard InChI is InChI=1S/C14H14IN5O5/c15-2-6-1-8(22)19-5-17-12-9(13(19)18-6)16-4-20(12)14-11(24)10(23)7(3-21)25-14/h1,4-5,7,10-11,14,21,23-24H,2-3H2/t7-,10-,11-,14-/m1/s1. The number of aliphatic hydroxyl groups is 3. The van der Waals surface area contributed by atoms with Gasteiger partial charge >= 0.3 is 0 Å². The highest BCUT2D eigenvalue weighted by atomic mass is 127. The third-order valence-electron chi connectivity index (χ3n) is 4.21. The van der Waals surface area contributed by atoms with E-state index in [2.05, 4.69) is 37.5 Å². The van der Waals surface area contributed by atoms with E-state index >= 15 is 0 Å². The Morgan fingerprint density at radius 3 is 2.68 bits per heavy atom. The summed E-state index contributed by atoms with van der Waals surface area (Å²) in [7, 11) is 0. The number of halogens is 1. The number of hydrogen-bond acceptors (Lipinski definition) is 8. The predicted molar refractivity (Wildman–Crippen MR) is 93.3 cm³/mol. The average Bonchev–Trinajstić information content (AvgIpc) is 3.16. The van der Waals surface area contributed by atoms with Gasteiger partial charge in [-0.05, 0) is 0 Å². The highest BCUT2D eigenvalue weighted by Gasteiger charge is 2.44. The smallest absolute Gasteiger partial charge is 0.259 e. The van der Waals surface area contributed by atoms with E-state index in [4.69, 9.17) is 4.74 Å². The van der Waals surface area contributed by atoms with Gasteiger partial charge in [0, 0.05) is 10.5 Å². The summed E-state index contributed by atoms with van der Waals surface area (Å²) in [6.07, 6.45) is -1.58. The van der Waals surface area contributed by atoms with Crippen molar-refractivity contribution in [3.8, 4) is 0 Å². The summed E-state index contributed by atoms with van der Waals surface area (Å²) in [5.41, 5.74) is 1.46. The zero-order valence-electron chi connectivity index (χ0n) is 12.7. The maximum Gasteiger partial charge on any atom is 0.259 e. The molecule has 0 aliphatic carbocycles. The Labute approximate surface area is 153 Å². The molecule has 1 fully saturated rings. The fraction of sp³-hybridized carbons (Fsp3) is 0.429. The van der Waals surface area contributed by atoms with Gasteiger partial charge in [-0.3, -0.25) is 9.36 Å². The lowest BCUT2D eigenvalue weighted by atomic mass is 10.1. The van der Waals surface area contributed by atoms with Crippen LogP contribution in [0.15, 0.2) is 23.5 Å². The van der Waals surface area contributed by atoms with E-state index in [1.54, 1.807) is 0 Å². The Hall–Kier alpha value is -1.67. The van der Waals surface area contributed by atoms with Crippen LogP contribution in [0.3, 0.4) is 0 Å². The van der Waals surface area contributed by atoms with Crippen molar-refractivity contribution in [2.24, 2.45) is 0 Å². The van der Waals surface area contributed by atoms with Gasteiger partial charge in [0.05, 0.1) is 18.6 Å². The van der Waals surface area contributed by atoms with Gasteiger partial charge in [-0.15, -0.1) is 0 Å². The van der Waals surface area contributed by atoms with E-state index in [0.717, 1.165) is 0 Å². The second kappa shape index (κ2) is 6.25. The monoisotopic (exact) mass is 459 g/mol. The Morgan fingerprint density at radius 1 is 1.20 bits per heavy atom. The number of alkyl halides is 1. The van der Waals surface area contributed by atoms with E-state index in [9.17, 15) is 20.1 Å². The summed E-state index contributed by atoms with van der Waals surface area (Å²) in [5, 5.41) is 29.3. The van der Waals surface area contributed by atoms with Gasteiger partial charge in [-0.2, -0.15) is 0 Å². The summed E-state index contributed by atoms with van der Waals surface area (Å²) >= 11 is 2.12. The molecule has 1 aliphatic rings. The molecule has 0 radical (unpaired) electrons. The summed E-state index contributed by atoms with van der Waals surface area (Å²) in [6.45, 7) is -0.423. The summed E-state index contributed by atoms with van der Waals surface area (Å²) in [5.74, 6) is 0. The van der Waals surface area contributed by atoms with Crippen LogP contribution in [0.1, 0.15) is 11.9 Å². The quantitative estimate of drug-likeness (QED) is 0.335. The molecule has 0 bridgehead atoms. The first-order chi connectivity index (χ1) is 12.0. The molecule has 10 nitrogen and oxygen atoms in total. The van der Waals surface area contributed by atoms with Crippen LogP contribution in [-0.4, -0.2) is 64.2 Å². The van der Waals surface area contributed by atoms with Gasteiger partial charge in [0.1, 0.15) is 24.6 Å². The first-order valence-electron chi connectivity index (χ1n) is 7.47. The van der Waals surface area contributed by atoms with Crippen LogP contribution in [0.4, 0.5) is 0 Å².